The molecule has 0 radical (unpaired) electrons. The second kappa shape index (κ2) is 7.93. The number of fused-ring (bicyclic) bond motifs is 1. The predicted octanol–water partition coefficient (Wildman–Crippen LogP) is 5.03. The molecule has 1 aromatic rings. The Morgan fingerprint density at radius 3 is 2.62 bits per heavy atom. The maximum Gasteiger partial charge on any atom is 0.435 e. The van der Waals surface area contributed by atoms with Crippen LogP contribution in [0.2, 0.25) is 0 Å². The van der Waals surface area contributed by atoms with E-state index in [0.29, 0.717) is 56.0 Å². The summed E-state index contributed by atoms with van der Waals surface area (Å²) in [6.45, 7) is 8.46. The van der Waals surface area contributed by atoms with Gasteiger partial charge >= 0.3 is 6.18 Å². The lowest BCUT2D eigenvalue weighted by atomic mass is 9.58. The van der Waals surface area contributed by atoms with Crippen molar-refractivity contribution in [2.45, 2.75) is 57.8 Å². The van der Waals surface area contributed by atoms with Crippen LogP contribution >= 0.6 is 0 Å². The van der Waals surface area contributed by atoms with Crippen molar-refractivity contribution < 1.29 is 22.7 Å². The van der Waals surface area contributed by atoms with Crippen molar-refractivity contribution in [3.8, 4) is 0 Å². The summed E-state index contributed by atoms with van der Waals surface area (Å²) in [5, 5.41) is 10.8. The van der Waals surface area contributed by atoms with Crippen LogP contribution in [0.3, 0.4) is 0 Å². The number of alkyl halides is 3. The molecule has 3 heterocycles. The van der Waals surface area contributed by atoms with E-state index in [1.807, 2.05) is 45.0 Å². The number of allylic oxidation sites excluding steroid dienone is 3. The van der Waals surface area contributed by atoms with Crippen LogP contribution in [0.15, 0.2) is 57.0 Å². The van der Waals surface area contributed by atoms with Gasteiger partial charge in [0.05, 0.1) is 18.6 Å². The molecule has 0 saturated carbocycles. The zero-order valence-electron chi connectivity index (χ0n) is 19.6. The molecule has 0 spiro atoms. The van der Waals surface area contributed by atoms with E-state index in [4.69, 9.17) is 4.74 Å². The van der Waals surface area contributed by atoms with Crippen LogP contribution in [0.1, 0.15) is 45.6 Å². The molecule has 0 amide bonds. The van der Waals surface area contributed by atoms with Gasteiger partial charge in [-0.05, 0) is 36.0 Å². The van der Waals surface area contributed by atoms with Crippen LogP contribution in [0, 0.1) is 5.41 Å². The maximum absolute atomic E-state index is 14.2. The maximum atomic E-state index is 14.2. The van der Waals surface area contributed by atoms with Crippen LogP contribution in [0.5, 0.6) is 0 Å². The fourth-order valence-electron chi connectivity index (χ4n) is 6.00. The summed E-state index contributed by atoms with van der Waals surface area (Å²) in [4.78, 5) is 15.8. The third-order valence-corrected chi connectivity index (χ3v) is 7.39. The molecular weight excluding hydrogens is 445 g/mol. The Bertz CT molecular complexity index is 1120. The third kappa shape index (κ3) is 3.56. The van der Waals surface area contributed by atoms with E-state index in [9.17, 15) is 18.0 Å². The molecule has 1 fully saturated rings. The second-order valence-corrected chi connectivity index (χ2v) is 10.2. The minimum atomic E-state index is -4.67. The van der Waals surface area contributed by atoms with Crippen molar-refractivity contribution in [3.05, 3.63) is 52.4 Å². The van der Waals surface area contributed by atoms with Gasteiger partial charge in [-0.15, -0.1) is 5.11 Å². The molecule has 1 saturated heterocycles. The van der Waals surface area contributed by atoms with Crippen molar-refractivity contribution in [2.75, 3.05) is 31.2 Å². The summed E-state index contributed by atoms with van der Waals surface area (Å²) in [6.07, 6.45) is -4.47. The fourth-order valence-corrected chi connectivity index (χ4v) is 6.00. The molecule has 5 rings (SSSR count). The van der Waals surface area contributed by atoms with E-state index < -0.39 is 23.5 Å². The number of nitrogens with zero attached hydrogens (tertiary/aromatic N) is 3. The number of hydrogen-bond donors (Lipinski definition) is 1. The number of carbonyl (C=O) groups excluding carboxylic acids is 1. The van der Waals surface area contributed by atoms with E-state index in [1.165, 1.54) is 0 Å². The van der Waals surface area contributed by atoms with Gasteiger partial charge in [0.1, 0.15) is 0 Å². The topological polar surface area (TPSA) is 66.3 Å². The molecule has 34 heavy (non-hydrogen) atoms. The van der Waals surface area contributed by atoms with E-state index in [-0.39, 0.29) is 23.2 Å². The minimum absolute atomic E-state index is 0.0356. The average Bonchev–Trinajstić information content (AvgIpc) is 3.22. The van der Waals surface area contributed by atoms with Gasteiger partial charge in [0.15, 0.2) is 17.6 Å². The SMILES string of the molecule is CCC1(c2cccc(N3CCOCC3)c2)C2=C(CC(C)(C)CC2=O)NC2N=NC(C(F)(F)F)=C21. The van der Waals surface area contributed by atoms with Gasteiger partial charge in [0.25, 0.3) is 0 Å². The number of rotatable bonds is 3. The zero-order chi connectivity index (χ0) is 24.3. The van der Waals surface area contributed by atoms with E-state index >= 15 is 0 Å². The van der Waals surface area contributed by atoms with E-state index in [2.05, 4.69) is 20.4 Å². The largest absolute Gasteiger partial charge is 0.435 e. The van der Waals surface area contributed by atoms with Crippen LogP contribution in [0.4, 0.5) is 18.9 Å². The number of anilines is 1. The highest BCUT2D eigenvalue weighted by atomic mass is 19.4. The van der Waals surface area contributed by atoms with Crippen molar-refractivity contribution in [2.24, 2.45) is 15.6 Å². The number of benzene rings is 1. The van der Waals surface area contributed by atoms with E-state index in [0.717, 1.165) is 5.69 Å². The zero-order valence-corrected chi connectivity index (χ0v) is 19.6. The molecule has 0 bridgehead atoms. The van der Waals surface area contributed by atoms with Crippen molar-refractivity contribution in [1.82, 2.24) is 5.32 Å². The Labute approximate surface area is 196 Å². The number of halogens is 3. The number of ketones is 1. The fraction of sp³-hybridized carbons (Fsp3) is 0.560. The van der Waals surface area contributed by atoms with Crippen molar-refractivity contribution >= 4 is 11.5 Å². The number of azo groups is 1. The number of Topliss-reactive ketones (excluding diaryl/α,β-unsaturated/α-hetero) is 1. The lowest BCUT2D eigenvalue weighted by Gasteiger charge is -2.48. The molecule has 2 unspecified atom stereocenters. The van der Waals surface area contributed by atoms with Crippen molar-refractivity contribution in [3.63, 3.8) is 0 Å². The molecule has 9 heteroatoms. The van der Waals surface area contributed by atoms with Gasteiger partial charge in [-0.1, -0.05) is 32.9 Å². The molecule has 0 aromatic heterocycles. The monoisotopic (exact) mass is 474 g/mol. The normalized spacial score (nSPS) is 28.7. The first-order chi connectivity index (χ1) is 16.1. The lowest BCUT2D eigenvalue weighted by Crippen LogP contribution is -2.52. The van der Waals surface area contributed by atoms with Gasteiger partial charge in [-0.2, -0.15) is 18.3 Å². The van der Waals surface area contributed by atoms with Crippen molar-refractivity contribution in [1.29, 1.82) is 0 Å². The van der Waals surface area contributed by atoms with Crippen LogP contribution in [0.25, 0.3) is 0 Å². The number of ether oxygens (including phenoxy) is 1. The van der Waals surface area contributed by atoms with Crippen LogP contribution in [-0.2, 0) is 14.9 Å². The van der Waals surface area contributed by atoms with Crippen LogP contribution in [-0.4, -0.2) is 44.4 Å². The Hall–Kier alpha value is -2.68. The highest BCUT2D eigenvalue weighted by molar-refractivity contribution is 6.01. The number of hydrogen-bond acceptors (Lipinski definition) is 6. The number of nitrogens with one attached hydrogen (secondary N) is 1. The molecule has 1 aromatic carbocycles. The first-order valence-electron chi connectivity index (χ1n) is 11.8. The molecule has 3 aliphatic heterocycles. The molecule has 1 aliphatic carbocycles. The average molecular weight is 475 g/mol. The summed E-state index contributed by atoms with van der Waals surface area (Å²) in [7, 11) is 0. The molecule has 182 valence electrons. The van der Waals surface area contributed by atoms with E-state index in [1.54, 1.807) is 0 Å². The quantitative estimate of drug-likeness (QED) is 0.668. The number of carbonyl (C=O) groups is 1. The summed E-state index contributed by atoms with van der Waals surface area (Å²) in [6, 6.07) is 7.60. The molecule has 1 N–H and O–H groups in total. The predicted molar refractivity (Wildman–Crippen MR) is 121 cm³/mol. The molecule has 6 nitrogen and oxygen atoms in total. The van der Waals surface area contributed by atoms with Gasteiger partial charge in [-0.25, -0.2) is 0 Å². The Balaban J connectivity index is 1.77. The first-order valence-corrected chi connectivity index (χ1v) is 11.8. The van der Waals surface area contributed by atoms with Gasteiger partial charge in [0, 0.05) is 42.0 Å². The summed E-state index contributed by atoms with van der Waals surface area (Å²) in [5.74, 6) is -0.114. The summed E-state index contributed by atoms with van der Waals surface area (Å²) >= 11 is 0. The standard InChI is InChI=1S/C25H29F3N4O2/c1-4-24(15-6-5-7-16(12-15)32-8-10-34-11-9-32)19-17(13-23(2,3)14-18(19)33)29-22-20(24)21(30-31-22)25(26,27)28/h5-7,12,22,29H,4,8-11,13-14H2,1-3H3. The van der Waals surface area contributed by atoms with Gasteiger partial charge in [0.2, 0.25) is 0 Å². The Kier molecular flexibility index (Phi) is 5.39. The number of morpholine rings is 1. The summed E-state index contributed by atoms with van der Waals surface area (Å²) in [5.41, 5.74) is 0.216. The molecular formula is C25H29F3N4O2. The summed E-state index contributed by atoms with van der Waals surface area (Å²) < 4.78 is 48.0. The Morgan fingerprint density at radius 2 is 1.94 bits per heavy atom. The molecule has 2 atom stereocenters. The second-order valence-electron chi connectivity index (χ2n) is 10.2. The Morgan fingerprint density at radius 1 is 1.21 bits per heavy atom. The van der Waals surface area contributed by atoms with Gasteiger partial charge < -0.3 is 15.0 Å². The third-order valence-electron chi connectivity index (χ3n) is 7.39. The first kappa shape index (κ1) is 23.1. The highest BCUT2D eigenvalue weighted by Crippen LogP contribution is 2.56. The van der Waals surface area contributed by atoms with Crippen LogP contribution < -0.4 is 10.2 Å². The lowest BCUT2D eigenvalue weighted by molar-refractivity contribution is -0.119. The minimum Gasteiger partial charge on any atom is -0.378 e. The van der Waals surface area contributed by atoms with Gasteiger partial charge in [-0.3, -0.25) is 4.79 Å². The molecule has 4 aliphatic rings. The highest BCUT2D eigenvalue weighted by Gasteiger charge is 2.57. The smallest absolute Gasteiger partial charge is 0.378 e.